The second-order valence-electron chi connectivity index (χ2n) is 6.80. The van der Waals surface area contributed by atoms with Crippen LogP contribution in [0.1, 0.15) is 41.1 Å². The molecule has 31 heavy (non-hydrogen) atoms. The van der Waals surface area contributed by atoms with Crippen molar-refractivity contribution in [2.45, 2.75) is 25.6 Å². The third-order valence-corrected chi connectivity index (χ3v) is 4.61. The molecule has 1 unspecified atom stereocenters. The molecule has 0 radical (unpaired) electrons. The maximum atomic E-state index is 14.0. The first kappa shape index (κ1) is 22.5. The highest BCUT2D eigenvalue weighted by atomic mass is 19.4. The maximum absolute atomic E-state index is 14.0. The van der Waals surface area contributed by atoms with Gasteiger partial charge in [-0.3, -0.25) is 4.79 Å². The lowest BCUT2D eigenvalue weighted by Gasteiger charge is -2.14. The normalized spacial score (nSPS) is 12.5. The summed E-state index contributed by atoms with van der Waals surface area (Å²) in [6.07, 6.45) is -3.85. The molecule has 1 aromatic heterocycles. The van der Waals surface area contributed by atoms with Gasteiger partial charge in [0.2, 0.25) is 0 Å². The number of alkyl halides is 3. The Balaban J connectivity index is 1.62. The second-order valence-corrected chi connectivity index (χ2v) is 6.80. The van der Waals surface area contributed by atoms with E-state index in [0.29, 0.717) is 17.7 Å². The zero-order chi connectivity index (χ0) is 22.4. The van der Waals surface area contributed by atoms with Crippen molar-refractivity contribution < 1.29 is 27.1 Å². The van der Waals surface area contributed by atoms with Crippen LogP contribution in [0.15, 0.2) is 60.8 Å². The van der Waals surface area contributed by atoms with E-state index >= 15 is 0 Å². The van der Waals surface area contributed by atoms with Gasteiger partial charge in [0.15, 0.2) is 5.69 Å². The SMILES string of the molecule is CC(OCCCNC(=O)c1cnn(-c2ccccc2F)c1C(F)(F)F)c1ccccc1. The molecule has 1 N–H and O–H groups in total. The van der Waals surface area contributed by atoms with Crippen LogP contribution in [0.5, 0.6) is 0 Å². The molecule has 9 heteroatoms. The highest BCUT2D eigenvalue weighted by molar-refractivity contribution is 5.95. The molecule has 1 amide bonds. The van der Waals surface area contributed by atoms with Crippen LogP contribution in [0.25, 0.3) is 5.69 Å². The number of nitrogens with zero attached hydrogens (tertiary/aromatic N) is 2. The molecule has 0 fully saturated rings. The molecule has 0 aliphatic carbocycles. The fourth-order valence-corrected chi connectivity index (χ4v) is 3.04. The molecule has 3 aromatic rings. The molecule has 0 spiro atoms. The molecule has 1 heterocycles. The molecule has 0 aliphatic rings. The van der Waals surface area contributed by atoms with Gasteiger partial charge in [-0.1, -0.05) is 42.5 Å². The van der Waals surface area contributed by atoms with Gasteiger partial charge >= 0.3 is 6.18 Å². The van der Waals surface area contributed by atoms with Gasteiger partial charge in [-0.25, -0.2) is 9.07 Å². The predicted molar refractivity (Wildman–Crippen MR) is 106 cm³/mol. The van der Waals surface area contributed by atoms with E-state index in [1.807, 2.05) is 37.3 Å². The Kier molecular flexibility index (Phi) is 7.06. The maximum Gasteiger partial charge on any atom is 0.434 e. The van der Waals surface area contributed by atoms with Crippen LogP contribution in [-0.4, -0.2) is 28.8 Å². The third-order valence-electron chi connectivity index (χ3n) is 4.61. The van der Waals surface area contributed by atoms with Gasteiger partial charge in [-0.15, -0.1) is 0 Å². The number of rotatable bonds is 8. The lowest BCUT2D eigenvalue weighted by molar-refractivity contribution is -0.143. The van der Waals surface area contributed by atoms with Crippen LogP contribution in [-0.2, 0) is 10.9 Å². The average Bonchev–Trinajstić information content (AvgIpc) is 3.20. The van der Waals surface area contributed by atoms with Crippen LogP contribution in [0.2, 0.25) is 0 Å². The van der Waals surface area contributed by atoms with Crippen LogP contribution >= 0.6 is 0 Å². The van der Waals surface area contributed by atoms with Crippen LogP contribution < -0.4 is 5.32 Å². The summed E-state index contributed by atoms with van der Waals surface area (Å²) in [4.78, 5) is 12.4. The van der Waals surface area contributed by atoms with E-state index in [1.165, 1.54) is 12.1 Å². The second kappa shape index (κ2) is 9.74. The molecule has 0 saturated carbocycles. The Bertz CT molecular complexity index is 1020. The molecule has 0 aliphatic heterocycles. The monoisotopic (exact) mass is 435 g/mol. The summed E-state index contributed by atoms with van der Waals surface area (Å²) in [6, 6.07) is 14.5. The highest BCUT2D eigenvalue weighted by Gasteiger charge is 2.40. The number of ether oxygens (including phenoxy) is 1. The number of benzene rings is 2. The van der Waals surface area contributed by atoms with E-state index in [1.54, 1.807) is 0 Å². The number of hydrogen-bond donors (Lipinski definition) is 1. The first-order valence-electron chi connectivity index (χ1n) is 9.64. The van der Waals surface area contributed by atoms with Crippen molar-refractivity contribution >= 4 is 5.91 Å². The number of nitrogens with one attached hydrogen (secondary N) is 1. The minimum Gasteiger partial charge on any atom is -0.374 e. The number of carbonyl (C=O) groups excluding carboxylic acids is 1. The van der Waals surface area contributed by atoms with Crippen molar-refractivity contribution in [2.24, 2.45) is 0 Å². The number of aromatic nitrogens is 2. The molecule has 3 rings (SSSR count). The molecular weight excluding hydrogens is 414 g/mol. The van der Waals surface area contributed by atoms with Crippen molar-refractivity contribution in [3.05, 3.63) is 83.4 Å². The van der Waals surface area contributed by atoms with E-state index in [9.17, 15) is 22.4 Å². The summed E-state index contributed by atoms with van der Waals surface area (Å²) in [5.41, 5.74) is -1.39. The van der Waals surface area contributed by atoms with Gasteiger partial charge in [0.05, 0.1) is 17.9 Å². The van der Waals surface area contributed by atoms with Gasteiger partial charge < -0.3 is 10.1 Å². The smallest absolute Gasteiger partial charge is 0.374 e. The summed E-state index contributed by atoms with van der Waals surface area (Å²) in [5.74, 6) is -1.82. The van der Waals surface area contributed by atoms with E-state index in [-0.39, 0.29) is 12.6 Å². The van der Waals surface area contributed by atoms with E-state index in [2.05, 4.69) is 10.4 Å². The molecule has 164 valence electrons. The van der Waals surface area contributed by atoms with Crippen LogP contribution in [0.3, 0.4) is 0 Å². The van der Waals surface area contributed by atoms with Crippen molar-refractivity contribution in [1.82, 2.24) is 15.1 Å². The van der Waals surface area contributed by atoms with Crippen LogP contribution in [0, 0.1) is 5.82 Å². The van der Waals surface area contributed by atoms with Crippen molar-refractivity contribution in [3.8, 4) is 5.69 Å². The Hall–Kier alpha value is -3.20. The lowest BCUT2D eigenvalue weighted by atomic mass is 10.1. The minimum atomic E-state index is -4.90. The summed E-state index contributed by atoms with van der Waals surface area (Å²) < 4.78 is 61.0. The lowest BCUT2D eigenvalue weighted by Crippen LogP contribution is -2.28. The van der Waals surface area contributed by atoms with E-state index in [4.69, 9.17) is 4.74 Å². The number of amides is 1. The Morgan fingerprint density at radius 3 is 2.48 bits per heavy atom. The molecule has 2 aromatic carbocycles. The summed E-state index contributed by atoms with van der Waals surface area (Å²) in [6.45, 7) is 2.32. The average molecular weight is 435 g/mol. The van der Waals surface area contributed by atoms with Gasteiger partial charge in [-0.05, 0) is 31.0 Å². The fraction of sp³-hybridized carbons (Fsp3) is 0.273. The third kappa shape index (κ3) is 5.49. The van der Waals surface area contributed by atoms with Gasteiger partial charge in [0.25, 0.3) is 5.91 Å². The van der Waals surface area contributed by atoms with Gasteiger partial charge in [0, 0.05) is 13.2 Å². The topological polar surface area (TPSA) is 56.1 Å². The minimum absolute atomic E-state index is 0.114. The summed E-state index contributed by atoms with van der Waals surface area (Å²) >= 11 is 0. The molecule has 0 saturated heterocycles. The highest BCUT2D eigenvalue weighted by Crippen LogP contribution is 2.34. The predicted octanol–water partition coefficient (Wildman–Crippen LogP) is 4.93. The number of para-hydroxylation sites is 1. The Labute approximate surface area is 176 Å². The largest absolute Gasteiger partial charge is 0.434 e. The quantitative estimate of drug-likeness (QED) is 0.403. The number of hydrogen-bond acceptors (Lipinski definition) is 3. The summed E-state index contributed by atoms with van der Waals surface area (Å²) in [5, 5.41) is 6.05. The van der Waals surface area contributed by atoms with Crippen molar-refractivity contribution in [2.75, 3.05) is 13.2 Å². The first-order valence-corrected chi connectivity index (χ1v) is 9.64. The zero-order valence-electron chi connectivity index (χ0n) is 16.7. The van der Waals surface area contributed by atoms with Crippen LogP contribution in [0.4, 0.5) is 17.6 Å². The van der Waals surface area contributed by atoms with E-state index in [0.717, 1.165) is 23.9 Å². The Morgan fingerprint density at radius 1 is 1.13 bits per heavy atom. The number of halogens is 4. The Morgan fingerprint density at radius 2 is 1.81 bits per heavy atom. The standard InChI is InChI=1S/C22H21F4N3O2/c1-15(16-8-3-2-4-9-16)31-13-7-12-27-21(30)17-14-28-29(20(17)22(24,25)26)19-11-6-5-10-18(19)23/h2-6,8-11,14-15H,7,12-13H2,1H3,(H,27,30). The molecular formula is C22H21F4N3O2. The molecule has 1 atom stereocenters. The number of carbonyl (C=O) groups is 1. The molecule has 5 nitrogen and oxygen atoms in total. The summed E-state index contributed by atoms with van der Waals surface area (Å²) in [7, 11) is 0. The fourth-order valence-electron chi connectivity index (χ4n) is 3.04. The van der Waals surface area contributed by atoms with Crippen molar-refractivity contribution in [3.63, 3.8) is 0 Å². The van der Waals surface area contributed by atoms with Crippen molar-refractivity contribution in [1.29, 1.82) is 0 Å². The zero-order valence-corrected chi connectivity index (χ0v) is 16.7. The molecule has 0 bridgehead atoms. The van der Waals surface area contributed by atoms with E-state index < -0.39 is 34.8 Å². The first-order chi connectivity index (χ1) is 14.8. The van der Waals surface area contributed by atoms with Gasteiger partial charge in [-0.2, -0.15) is 18.3 Å². The van der Waals surface area contributed by atoms with Gasteiger partial charge in [0.1, 0.15) is 11.5 Å².